The van der Waals surface area contributed by atoms with Crippen molar-refractivity contribution >= 4 is 51.5 Å². The molecule has 1 heterocycles. The maximum absolute atomic E-state index is 13.1. The van der Waals surface area contributed by atoms with Gasteiger partial charge in [0.2, 0.25) is 5.91 Å². The van der Waals surface area contributed by atoms with Gasteiger partial charge in [-0.15, -0.1) is 11.3 Å². The van der Waals surface area contributed by atoms with Gasteiger partial charge in [-0.05, 0) is 74.1 Å². The smallest absolute Gasteiger partial charge is 0.350 e. The van der Waals surface area contributed by atoms with E-state index in [9.17, 15) is 9.59 Å². The number of methoxy groups -OCH3 is 1. The highest BCUT2D eigenvalue weighted by Gasteiger charge is 2.33. The average molecular weight is 449 g/mol. The summed E-state index contributed by atoms with van der Waals surface area (Å²) in [4.78, 5) is 27.5. The van der Waals surface area contributed by atoms with Crippen molar-refractivity contribution in [1.82, 2.24) is 0 Å². The average Bonchev–Trinajstić information content (AvgIpc) is 2.88. The summed E-state index contributed by atoms with van der Waals surface area (Å²) < 4.78 is 5.87. The number of hydrogen-bond donors (Lipinski definition) is 0. The molecule has 0 aliphatic heterocycles. The molecular weight excluding hydrogens is 425 g/mol. The Bertz CT molecular complexity index is 576. The van der Waals surface area contributed by atoms with Crippen molar-refractivity contribution in [3.8, 4) is 0 Å². The molecule has 1 aromatic rings. The van der Waals surface area contributed by atoms with Crippen molar-refractivity contribution in [3.05, 3.63) is 13.8 Å². The van der Waals surface area contributed by atoms with E-state index < -0.39 is 0 Å². The number of esters is 1. The van der Waals surface area contributed by atoms with E-state index in [2.05, 4.69) is 29.5 Å². The molecule has 2 rings (SSSR count). The molecule has 128 valence electrons. The van der Waals surface area contributed by atoms with Gasteiger partial charge in [0.15, 0.2) is 0 Å². The lowest BCUT2D eigenvalue weighted by atomic mass is 9.82. The molecule has 0 saturated heterocycles. The lowest BCUT2D eigenvalue weighted by Gasteiger charge is -2.33. The molecule has 23 heavy (non-hydrogen) atoms. The lowest BCUT2D eigenvalue weighted by molar-refractivity contribution is -0.123. The maximum atomic E-state index is 13.1. The Labute approximate surface area is 155 Å². The van der Waals surface area contributed by atoms with Crippen molar-refractivity contribution in [2.45, 2.75) is 52.5 Å². The molecule has 1 saturated carbocycles. The van der Waals surface area contributed by atoms with Crippen molar-refractivity contribution in [2.75, 3.05) is 12.0 Å². The first-order chi connectivity index (χ1) is 10.8. The Balaban J connectivity index is 2.32. The third-order valence-corrected chi connectivity index (χ3v) is 6.30. The Morgan fingerprint density at radius 2 is 1.91 bits per heavy atom. The predicted molar refractivity (Wildman–Crippen MR) is 102 cm³/mol. The van der Waals surface area contributed by atoms with Crippen LogP contribution < -0.4 is 4.90 Å². The van der Waals surface area contributed by atoms with Crippen molar-refractivity contribution < 1.29 is 14.3 Å². The molecule has 4 nitrogen and oxygen atoms in total. The van der Waals surface area contributed by atoms with Gasteiger partial charge in [0.05, 0.1) is 15.7 Å². The molecule has 0 spiro atoms. The van der Waals surface area contributed by atoms with Crippen molar-refractivity contribution in [1.29, 1.82) is 0 Å². The second-order valence-corrected chi connectivity index (χ2v) is 9.46. The van der Waals surface area contributed by atoms with E-state index in [-0.39, 0.29) is 23.8 Å². The molecule has 1 fully saturated rings. The second kappa shape index (κ2) is 7.96. The van der Waals surface area contributed by atoms with Gasteiger partial charge in [-0.3, -0.25) is 4.79 Å². The van der Waals surface area contributed by atoms with E-state index in [4.69, 9.17) is 4.74 Å². The van der Waals surface area contributed by atoms with Gasteiger partial charge < -0.3 is 9.64 Å². The summed E-state index contributed by atoms with van der Waals surface area (Å²) in [5.41, 5.74) is 0.699. The molecule has 1 aliphatic carbocycles. The predicted octanol–water partition coefficient (Wildman–Crippen LogP) is 4.71. The highest BCUT2D eigenvalue weighted by atomic mass is 127. The third-order valence-electron chi connectivity index (χ3n) is 4.43. The van der Waals surface area contributed by atoms with Gasteiger partial charge in [0.1, 0.15) is 4.88 Å². The van der Waals surface area contributed by atoms with Crippen molar-refractivity contribution in [2.24, 2.45) is 11.8 Å². The first-order valence-corrected chi connectivity index (χ1v) is 9.95. The van der Waals surface area contributed by atoms with Crippen LogP contribution in [0.2, 0.25) is 0 Å². The molecule has 0 N–H and O–H groups in total. The zero-order valence-electron chi connectivity index (χ0n) is 14.1. The lowest BCUT2D eigenvalue weighted by Crippen LogP contribution is -2.42. The zero-order valence-corrected chi connectivity index (χ0v) is 17.1. The molecule has 0 bridgehead atoms. The second-order valence-electron chi connectivity index (χ2n) is 6.52. The molecule has 6 heteroatoms. The Hall–Kier alpha value is -0.630. The Kier molecular flexibility index (Phi) is 6.48. The number of anilines is 1. The van der Waals surface area contributed by atoms with Crippen LogP contribution in [0.4, 0.5) is 5.69 Å². The van der Waals surface area contributed by atoms with Gasteiger partial charge in [0.25, 0.3) is 0 Å². The summed E-state index contributed by atoms with van der Waals surface area (Å²) in [5.74, 6) is 0.547. The van der Waals surface area contributed by atoms with Crippen LogP contribution in [0.3, 0.4) is 0 Å². The van der Waals surface area contributed by atoms with Crippen LogP contribution >= 0.6 is 33.9 Å². The molecule has 1 aliphatic rings. The fourth-order valence-corrected chi connectivity index (χ4v) is 4.87. The van der Waals surface area contributed by atoms with Gasteiger partial charge in [-0.2, -0.15) is 0 Å². The summed E-state index contributed by atoms with van der Waals surface area (Å²) in [6, 6.07) is 1.93. The van der Waals surface area contributed by atoms with Crippen LogP contribution in [0, 0.1) is 14.7 Å². The molecule has 0 unspecified atom stereocenters. The van der Waals surface area contributed by atoms with Gasteiger partial charge >= 0.3 is 5.97 Å². The summed E-state index contributed by atoms with van der Waals surface area (Å²) in [6.45, 7) is 6.24. The number of hydrogen-bond acceptors (Lipinski definition) is 4. The third kappa shape index (κ3) is 4.26. The molecule has 0 atom stereocenters. The number of carbonyl (C=O) groups is 2. The monoisotopic (exact) mass is 449 g/mol. The number of nitrogens with zero attached hydrogens (tertiary/aromatic N) is 1. The number of halogens is 1. The summed E-state index contributed by atoms with van der Waals surface area (Å²) >= 11 is 3.56. The standard InChI is InChI=1S/C17H24INO3S/c1-10(2)19(16(20)12-7-5-11(3)6-8-12)13-9-14(18)23-15(13)17(21)22-4/h9-12H,5-8H2,1-4H3. The van der Waals surface area contributed by atoms with Gasteiger partial charge in [-0.1, -0.05) is 6.92 Å². The van der Waals surface area contributed by atoms with Gasteiger partial charge in [0, 0.05) is 12.0 Å². The molecular formula is C17H24INO3S. The fourth-order valence-electron chi connectivity index (χ4n) is 3.13. The highest BCUT2D eigenvalue weighted by molar-refractivity contribution is 14.1. The SMILES string of the molecule is COC(=O)c1sc(I)cc1N(C(=O)C1CCC(C)CC1)C(C)C. The van der Waals surface area contributed by atoms with E-state index in [1.54, 1.807) is 4.90 Å². The van der Waals surface area contributed by atoms with E-state index in [0.29, 0.717) is 16.5 Å². The minimum Gasteiger partial charge on any atom is -0.465 e. The van der Waals surface area contributed by atoms with Gasteiger partial charge in [-0.25, -0.2) is 4.79 Å². The topological polar surface area (TPSA) is 46.6 Å². The Morgan fingerprint density at radius 1 is 1.30 bits per heavy atom. The number of carbonyl (C=O) groups excluding carboxylic acids is 2. The molecule has 0 aromatic carbocycles. The minimum atomic E-state index is -0.372. The van der Waals surface area contributed by atoms with Crippen LogP contribution in [0.15, 0.2) is 6.07 Å². The molecule has 1 aromatic heterocycles. The normalized spacial score (nSPS) is 21.3. The minimum absolute atomic E-state index is 0.00987. The van der Waals surface area contributed by atoms with Crippen LogP contribution in [0.1, 0.15) is 56.1 Å². The Morgan fingerprint density at radius 3 is 2.43 bits per heavy atom. The molecule has 1 amide bonds. The van der Waals surface area contributed by atoms with E-state index in [0.717, 1.165) is 28.6 Å². The summed E-state index contributed by atoms with van der Waals surface area (Å²) in [5, 5.41) is 0. The highest BCUT2D eigenvalue weighted by Crippen LogP contribution is 2.36. The van der Waals surface area contributed by atoms with E-state index >= 15 is 0 Å². The largest absolute Gasteiger partial charge is 0.465 e. The van der Waals surface area contributed by atoms with E-state index in [1.165, 1.54) is 18.4 Å². The number of ether oxygens (including phenoxy) is 1. The number of amides is 1. The fraction of sp³-hybridized carbons (Fsp3) is 0.647. The summed E-state index contributed by atoms with van der Waals surface area (Å²) in [7, 11) is 1.38. The molecule has 0 radical (unpaired) electrons. The van der Waals surface area contributed by atoms with Crippen LogP contribution in [0.5, 0.6) is 0 Å². The maximum Gasteiger partial charge on any atom is 0.350 e. The van der Waals surface area contributed by atoms with E-state index in [1.807, 2.05) is 19.9 Å². The number of thiophene rings is 1. The van der Waals surface area contributed by atoms with Crippen LogP contribution in [-0.4, -0.2) is 25.0 Å². The first kappa shape index (κ1) is 18.7. The van der Waals surface area contributed by atoms with Crippen molar-refractivity contribution in [3.63, 3.8) is 0 Å². The zero-order chi connectivity index (χ0) is 17.1. The van der Waals surface area contributed by atoms with Crippen LogP contribution in [-0.2, 0) is 9.53 Å². The number of rotatable bonds is 4. The summed E-state index contributed by atoms with van der Waals surface area (Å²) in [6.07, 6.45) is 4.09. The first-order valence-electron chi connectivity index (χ1n) is 8.05. The quantitative estimate of drug-likeness (QED) is 0.494. The van der Waals surface area contributed by atoms with Crippen LogP contribution in [0.25, 0.3) is 0 Å².